The lowest BCUT2D eigenvalue weighted by atomic mass is 10.2. The lowest BCUT2D eigenvalue weighted by Crippen LogP contribution is -2.32. The third kappa shape index (κ3) is 4.25. The maximum Gasteiger partial charge on any atom is 0.338 e. The van der Waals surface area contributed by atoms with E-state index >= 15 is 0 Å². The second kappa shape index (κ2) is 8.36. The van der Waals surface area contributed by atoms with Crippen molar-refractivity contribution in [3.05, 3.63) is 81.2 Å². The van der Waals surface area contributed by atoms with Gasteiger partial charge in [0.05, 0.1) is 16.9 Å². The molecule has 150 valence electrons. The fourth-order valence-corrected chi connectivity index (χ4v) is 3.02. The van der Waals surface area contributed by atoms with Gasteiger partial charge >= 0.3 is 5.97 Å². The van der Waals surface area contributed by atoms with Crippen LogP contribution in [0.2, 0.25) is 5.02 Å². The zero-order valence-corrected chi connectivity index (χ0v) is 16.9. The average molecular weight is 414 g/mol. The Morgan fingerprint density at radius 2 is 1.79 bits per heavy atom. The highest BCUT2D eigenvalue weighted by Gasteiger charge is 2.23. The number of anilines is 1. The Balaban J connectivity index is 1.79. The second-order valence-corrected chi connectivity index (χ2v) is 6.92. The Hall–Kier alpha value is -3.32. The highest BCUT2D eigenvalue weighted by Crippen LogP contribution is 2.16. The first-order valence-corrected chi connectivity index (χ1v) is 9.29. The summed E-state index contributed by atoms with van der Waals surface area (Å²) in [6, 6.07) is 15.3. The summed E-state index contributed by atoms with van der Waals surface area (Å²) >= 11 is 5.87. The number of carbonyl (C=O) groups excluding carboxylic acids is 2. The summed E-state index contributed by atoms with van der Waals surface area (Å²) in [7, 11) is 1.72. The van der Waals surface area contributed by atoms with Crippen molar-refractivity contribution in [2.45, 2.75) is 20.0 Å². The molecule has 29 heavy (non-hydrogen) atoms. The number of carbonyl (C=O) groups is 2. The van der Waals surface area contributed by atoms with Crippen molar-refractivity contribution in [2.24, 2.45) is 7.05 Å². The fourth-order valence-electron chi connectivity index (χ4n) is 2.83. The van der Waals surface area contributed by atoms with Gasteiger partial charge in [-0.2, -0.15) is 0 Å². The lowest BCUT2D eigenvalue weighted by Gasteiger charge is -2.13. The molecule has 0 bridgehead atoms. The van der Waals surface area contributed by atoms with Crippen LogP contribution < -0.4 is 10.9 Å². The molecule has 0 radical (unpaired) electrons. The summed E-state index contributed by atoms with van der Waals surface area (Å²) in [5.41, 5.74) is 1.23. The van der Waals surface area contributed by atoms with Gasteiger partial charge in [-0.05, 0) is 44.2 Å². The first kappa shape index (κ1) is 20.4. The van der Waals surface area contributed by atoms with E-state index in [0.29, 0.717) is 16.4 Å². The van der Waals surface area contributed by atoms with Gasteiger partial charge in [0.2, 0.25) is 0 Å². The van der Waals surface area contributed by atoms with Gasteiger partial charge in [-0.3, -0.25) is 14.3 Å². The maximum atomic E-state index is 12.9. The van der Waals surface area contributed by atoms with Crippen LogP contribution in [-0.2, 0) is 16.6 Å². The van der Waals surface area contributed by atoms with Crippen LogP contribution in [0, 0.1) is 6.92 Å². The number of nitrogens with one attached hydrogen (secondary N) is 1. The quantitative estimate of drug-likeness (QED) is 0.650. The minimum absolute atomic E-state index is 0.131. The van der Waals surface area contributed by atoms with E-state index in [1.807, 2.05) is 18.2 Å². The predicted octanol–water partition coefficient (Wildman–Crippen LogP) is 3.32. The minimum Gasteiger partial charge on any atom is -0.449 e. The van der Waals surface area contributed by atoms with E-state index in [0.717, 1.165) is 0 Å². The first-order valence-electron chi connectivity index (χ1n) is 8.91. The number of esters is 1. The van der Waals surface area contributed by atoms with E-state index in [-0.39, 0.29) is 16.8 Å². The molecule has 8 heteroatoms. The van der Waals surface area contributed by atoms with Gasteiger partial charge in [-0.25, -0.2) is 9.48 Å². The molecule has 1 heterocycles. The van der Waals surface area contributed by atoms with Gasteiger partial charge in [0.1, 0.15) is 5.69 Å². The molecular formula is C21H20ClN3O4. The smallest absolute Gasteiger partial charge is 0.338 e. The lowest BCUT2D eigenvalue weighted by molar-refractivity contribution is -0.123. The number of ether oxygens (including phenoxy) is 1. The minimum atomic E-state index is -1.11. The molecule has 0 aliphatic heterocycles. The van der Waals surface area contributed by atoms with E-state index < -0.39 is 18.0 Å². The third-order valence-electron chi connectivity index (χ3n) is 4.52. The van der Waals surface area contributed by atoms with Crippen molar-refractivity contribution in [1.29, 1.82) is 0 Å². The topological polar surface area (TPSA) is 82.3 Å². The summed E-state index contributed by atoms with van der Waals surface area (Å²) in [5, 5.41) is 2.97. The molecule has 0 aliphatic rings. The van der Waals surface area contributed by atoms with Crippen LogP contribution in [0.5, 0.6) is 0 Å². The molecule has 2 aromatic carbocycles. The first-order chi connectivity index (χ1) is 13.8. The molecule has 0 spiro atoms. The van der Waals surface area contributed by atoms with E-state index in [4.69, 9.17) is 16.3 Å². The SMILES string of the molecule is Cc1c(NC(=O)C(C)OC(=O)c2cccc(Cl)c2)c(=O)n(-c2ccccc2)n1C. The maximum absolute atomic E-state index is 12.9. The summed E-state index contributed by atoms with van der Waals surface area (Å²) in [6.07, 6.45) is -1.11. The third-order valence-corrected chi connectivity index (χ3v) is 4.75. The van der Waals surface area contributed by atoms with Crippen LogP contribution in [0.4, 0.5) is 5.69 Å². The number of hydrogen-bond donors (Lipinski definition) is 1. The molecule has 0 aliphatic carbocycles. The Kier molecular flexibility index (Phi) is 5.89. The zero-order valence-electron chi connectivity index (χ0n) is 16.2. The standard InChI is InChI=1S/C21H20ClN3O4/c1-13-18(20(27)25(24(13)3)17-10-5-4-6-11-17)23-19(26)14(2)29-21(28)15-8-7-9-16(22)12-15/h4-12,14H,1-3H3,(H,23,26). The summed E-state index contributed by atoms with van der Waals surface area (Å²) < 4.78 is 8.30. The Labute approximate surface area is 172 Å². The van der Waals surface area contributed by atoms with Crippen LogP contribution in [0.1, 0.15) is 23.0 Å². The van der Waals surface area contributed by atoms with E-state index in [1.54, 1.807) is 49.0 Å². The number of rotatable bonds is 5. The van der Waals surface area contributed by atoms with Gasteiger partial charge in [-0.1, -0.05) is 35.9 Å². The Bertz CT molecular complexity index is 1120. The molecule has 1 N–H and O–H groups in total. The Morgan fingerprint density at radius 3 is 2.45 bits per heavy atom. The molecule has 1 atom stereocenters. The highest BCUT2D eigenvalue weighted by atomic mass is 35.5. The molecule has 0 saturated carbocycles. The largest absolute Gasteiger partial charge is 0.449 e. The van der Waals surface area contributed by atoms with Gasteiger partial charge in [0.15, 0.2) is 6.10 Å². The normalized spacial score (nSPS) is 11.7. The summed E-state index contributed by atoms with van der Waals surface area (Å²) in [6.45, 7) is 3.16. The van der Waals surface area contributed by atoms with E-state index in [9.17, 15) is 14.4 Å². The number of aromatic nitrogens is 2. The van der Waals surface area contributed by atoms with E-state index in [2.05, 4.69) is 5.32 Å². The van der Waals surface area contributed by atoms with Crippen LogP contribution in [0.3, 0.4) is 0 Å². The van der Waals surface area contributed by atoms with Gasteiger partial charge < -0.3 is 10.1 Å². The molecule has 1 amide bonds. The molecule has 7 nitrogen and oxygen atoms in total. The van der Waals surface area contributed by atoms with Crippen molar-refractivity contribution in [3.8, 4) is 5.69 Å². The summed E-state index contributed by atoms with van der Waals surface area (Å²) in [4.78, 5) is 37.6. The monoisotopic (exact) mass is 413 g/mol. The number of benzene rings is 2. The van der Waals surface area contributed by atoms with Crippen LogP contribution >= 0.6 is 11.6 Å². The summed E-state index contributed by atoms with van der Waals surface area (Å²) in [5.74, 6) is -1.28. The van der Waals surface area contributed by atoms with Crippen molar-refractivity contribution < 1.29 is 14.3 Å². The van der Waals surface area contributed by atoms with Crippen LogP contribution in [0.15, 0.2) is 59.4 Å². The number of para-hydroxylation sites is 1. The van der Waals surface area contributed by atoms with Gasteiger partial charge in [-0.15, -0.1) is 0 Å². The van der Waals surface area contributed by atoms with Crippen molar-refractivity contribution >= 4 is 29.2 Å². The van der Waals surface area contributed by atoms with E-state index in [1.165, 1.54) is 17.7 Å². The number of nitrogens with zero attached hydrogens (tertiary/aromatic N) is 2. The predicted molar refractivity (Wildman–Crippen MR) is 111 cm³/mol. The molecule has 3 aromatic rings. The highest BCUT2D eigenvalue weighted by molar-refractivity contribution is 6.30. The number of amides is 1. The fraction of sp³-hybridized carbons (Fsp3) is 0.190. The number of hydrogen-bond acceptors (Lipinski definition) is 4. The van der Waals surface area contributed by atoms with Crippen molar-refractivity contribution in [3.63, 3.8) is 0 Å². The molecular weight excluding hydrogens is 394 g/mol. The van der Waals surface area contributed by atoms with Gasteiger partial charge in [0, 0.05) is 12.1 Å². The molecule has 0 fully saturated rings. The molecule has 1 unspecified atom stereocenters. The second-order valence-electron chi connectivity index (χ2n) is 6.48. The molecule has 3 rings (SSSR count). The Morgan fingerprint density at radius 1 is 1.10 bits per heavy atom. The molecule has 1 aromatic heterocycles. The van der Waals surface area contributed by atoms with Crippen LogP contribution in [-0.4, -0.2) is 27.3 Å². The zero-order chi connectivity index (χ0) is 21.1. The van der Waals surface area contributed by atoms with Crippen molar-refractivity contribution in [2.75, 3.05) is 5.32 Å². The van der Waals surface area contributed by atoms with Gasteiger partial charge in [0.25, 0.3) is 11.5 Å². The average Bonchev–Trinajstić information content (AvgIpc) is 2.91. The molecule has 0 saturated heterocycles. The van der Waals surface area contributed by atoms with Crippen molar-refractivity contribution in [1.82, 2.24) is 9.36 Å². The number of halogens is 1. The van der Waals surface area contributed by atoms with Crippen LogP contribution in [0.25, 0.3) is 5.69 Å².